The first kappa shape index (κ1) is 17.5. The Labute approximate surface area is 157 Å². The number of likely N-dealkylation sites (N-methyl/N-ethyl adjacent to an activating group) is 1. The Balaban J connectivity index is 1.79. The van der Waals surface area contributed by atoms with E-state index in [1.807, 2.05) is 45.2 Å². The molecule has 0 saturated carbocycles. The molecule has 1 aromatic carbocycles. The maximum Gasteiger partial charge on any atom is 0.323 e. The molecule has 1 aliphatic heterocycles. The number of amides is 2. The second kappa shape index (κ2) is 6.70. The lowest BCUT2D eigenvalue weighted by molar-refractivity contribution is 0.164. The van der Waals surface area contributed by atoms with E-state index >= 15 is 0 Å². The zero-order valence-electron chi connectivity index (χ0n) is 15.8. The number of carbonyl (C=O) groups is 1. The number of aromatic nitrogens is 3. The summed E-state index contributed by atoms with van der Waals surface area (Å²) in [4.78, 5) is 34.1. The molecule has 27 heavy (non-hydrogen) atoms. The first-order valence-corrected chi connectivity index (χ1v) is 9.22. The van der Waals surface area contributed by atoms with Gasteiger partial charge in [0.2, 0.25) is 0 Å². The maximum absolute atomic E-state index is 13.2. The van der Waals surface area contributed by atoms with Crippen LogP contribution in [0.15, 0.2) is 35.4 Å². The van der Waals surface area contributed by atoms with Gasteiger partial charge in [0.1, 0.15) is 6.33 Å². The van der Waals surface area contributed by atoms with Gasteiger partial charge in [0.05, 0.1) is 11.0 Å². The standard InChI is InChI=1S/C19H24N6O2/c1-13(2)25-15-7-5-4-6-14(15)24-12-20-17(16(24)18(25)26)21-19(27)23-10-8-22(3)9-11-23/h4-7,12-13H,8-11H2,1-3H3,(H,21,27). The van der Waals surface area contributed by atoms with Crippen LogP contribution in [0.5, 0.6) is 0 Å². The van der Waals surface area contributed by atoms with Crippen LogP contribution in [0, 0.1) is 0 Å². The number of hydrogen-bond acceptors (Lipinski definition) is 4. The fraction of sp³-hybridized carbons (Fsp3) is 0.421. The van der Waals surface area contributed by atoms with Crippen LogP contribution in [0.2, 0.25) is 0 Å². The van der Waals surface area contributed by atoms with Gasteiger partial charge in [0, 0.05) is 32.2 Å². The molecule has 1 fully saturated rings. The first-order chi connectivity index (χ1) is 13.0. The molecule has 0 unspecified atom stereocenters. The van der Waals surface area contributed by atoms with E-state index < -0.39 is 0 Å². The van der Waals surface area contributed by atoms with E-state index in [0.717, 1.165) is 24.1 Å². The monoisotopic (exact) mass is 368 g/mol. The molecule has 8 nitrogen and oxygen atoms in total. The molecule has 8 heteroatoms. The Morgan fingerprint density at radius 3 is 2.44 bits per heavy atom. The zero-order valence-corrected chi connectivity index (χ0v) is 15.8. The molecule has 3 heterocycles. The summed E-state index contributed by atoms with van der Waals surface area (Å²) in [5.74, 6) is 0.309. The topological polar surface area (TPSA) is 74.9 Å². The number of benzene rings is 1. The number of urea groups is 1. The van der Waals surface area contributed by atoms with Gasteiger partial charge >= 0.3 is 6.03 Å². The summed E-state index contributed by atoms with van der Waals surface area (Å²) in [5.41, 5.74) is 1.97. The van der Waals surface area contributed by atoms with E-state index in [2.05, 4.69) is 15.2 Å². The summed E-state index contributed by atoms with van der Waals surface area (Å²) >= 11 is 0. The second-order valence-corrected chi connectivity index (χ2v) is 7.29. The van der Waals surface area contributed by atoms with E-state index in [0.29, 0.717) is 24.4 Å². The van der Waals surface area contributed by atoms with Gasteiger partial charge in [0.15, 0.2) is 11.3 Å². The molecule has 142 valence electrons. The van der Waals surface area contributed by atoms with E-state index in [1.54, 1.807) is 20.2 Å². The van der Waals surface area contributed by atoms with Gasteiger partial charge in [-0.05, 0) is 33.0 Å². The van der Waals surface area contributed by atoms with Gasteiger partial charge in [-0.25, -0.2) is 9.78 Å². The van der Waals surface area contributed by atoms with Crippen molar-refractivity contribution in [3.05, 3.63) is 40.9 Å². The highest BCUT2D eigenvalue weighted by Gasteiger charge is 2.22. The number of hydrogen-bond donors (Lipinski definition) is 1. The number of imidazole rings is 1. The highest BCUT2D eigenvalue weighted by atomic mass is 16.2. The Bertz CT molecular complexity index is 1060. The number of nitrogens with one attached hydrogen (secondary N) is 1. The quantitative estimate of drug-likeness (QED) is 0.751. The minimum atomic E-state index is -0.215. The van der Waals surface area contributed by atoms with Gasteiger partial charge in [0.25, 0.3) is 5.56 Å². The van der Waals surface area contributed by atoms with Crippen molar-refractivity contribution in [1.82, 2.24) is 23.8 Å². The third-order valence-electron chi connectivity index (χ3n) is 5.12. The molecule has 4 rings (SSSR count). The van der Waals surface area contributed by atoms with Crippen molar-refractivity contribution in [2.45, 2.75) is 19.9 Å². The molecule has 2 aromatic heterocycles. The average Bonchev–Trinajstić information content (AvgIpc) is 3.06. The largest absolute Gasteiger partial charge is 0.323 e. The normalized spacial score (nSPS) is 15.8. The van der Waals surface area contributed by atoms with Crippen molar-refractivity contribution in [3.63, 3.8) is 0 Å². The number of nitrogens with zero attached hydrogens (tertiary/aromatic N) is 5. The third kappa shape index (κ3) is 2.95. The summed E-state index contributed by atoms with van der Waals surface area (Å²) in [6, 6.07) is 7.50. The SMILES string of the molecule is CC(C)n1c(=O)c2c(NC(=O)N3CCN(C)CC3)ncn2c2ccccc21. The third-order valence-corrected chi connectivity index (χ3v) is 5.12. The van der Waals surface area contributed by atoms with Crippen LogP contribution in [-0.4, -0.2) is 63.0 Å². The van der Waals surface area contributed by atoms with Crippen molar-refractivity contribution < 1.29 is 4.79 Å². The molecular weight excluding hydrogens is 344 g/mol. The second-order valence-electron chi connectivity index (χ2n) is 7.29. The molecule has 1 N–H and O–H groups in total. The number of carbonyl (C=O) groups excluding carboxylic acids is 1. The minimum absolute atomic E-state index is 0.0107. The van der Waals surface area contributed by atoms with Crippen LogP contribution >= 0.6 is 0 Å². The summed E-state index contributed by atoms with van der Waals surface area (Å²) in [6.45, 7) is 6.94. The Morgan fingerprint density at radius 2 is 1.78 bits per heavy atom. The molecule has 0 radical (unpaired) electrons. The molecule has 0 bridgehead atoms. The molecule has 1 saturated heterocycles. The lowest BCUT2D eigenvalue weighted by atomic mass is 10.2. The van der Waals surface area contributed by atoms with E-state index in [9.17, 15) is 9.59 Å². The van der Waals surface area contributed by atoms with Gasteiger partial charge in [-0.1, -0.05) is 12.1 Å². The van der Waals surface area contributed by atoms with Crippen molar-refractivity contribution in [1.29, 1.82) is 0 Å². The number of para-hydroxylation sites is 2. The van der Waals surface area contributed by atoms with Crippen molar-refractivity contribution >= 4 is 28.4 Å². The fourth-order valence-corrected chi connectivity index (χ4v) is 3.62. The zero-order chi connectivity index (χ0) is 19.1. The van der Waals surface area contributed by atoms with Gasteiger partial charge < -0.3 is 14.4 Å². The Morgan fingerprint density at radius 1 is 1.11 bits per heavy atom. The van der Waals surface area contributed by atoms with Gasteiger partial charge in [-0.2, -0.15) is 0 Å². The van der Waals surface area contributed by atoms with Crippen LogP contribution in [0.25, 0.3) is 16.6 Å². The van der Waals surface area contributed by atoms with Gasteiger partial charge in [-0.3, -0.25) is 14.5 Å². The van der Waals surface area contributed by atoms with Crippen LogP contribution in [0.4, 0.5) is 10.6 Å². The highest BCUT2D eigenvalue weighted by molar-refractivity contribution is 5.94. The van der Waals surface area contributed by atoms with E-state index in [4.69, 9.17) is 0 Å². The maximum atomic E-state index is 13.2. The average molecular weight is 368 g/mol. The lowest BCUT2D eigenvalue weighted by Crippen LogP contribution is -2.48. The molecular formula is C19H24N6O2. The van der Waals surface area contributed by atoms with Crippen LogP contribution < -0.4 is 10.9 Å². The number of fused-ring (bicyclic) bond motifs is 3. The van der Waals surface area contributed by atoms with Crippen molar-refractivity contribution in [3.8, 4) is 0 Å². The smallest absolute Gasteiger partial charge is 0.322 e. The highest BCUT2D eigenvalue weighted by Crippen LogP contribution is 2.21. The summed E-state index contributed by atoms with van der Waals surface area (Å²) in [7, 11) is 2.04. The number of anilines is 1. The molecule has 3 aromatic rings. The molecule has 1 aliphatic rings. The van der Waals surface area contributed by atoms with E-state index in [1.165, 1.54) is 0 Å². The summed E-state index contributed by atoms with van der Waals surface area (Å²) < 4.78 is 3.51. The van der Waals surface area contributed by atoms with Crippen molar-refractivity contribution in [2.24, 2.45) is 0 Å². The predicted octanol–water partition coefficient (Wildman–Crippen LogP) is 2.01. The number of rotatable bonds is 2. The van der Waals surface area contributed by atoms with E-state index in [-0.39, 0.29) is 17.6 Å². The fourth-order valence-electron chi connectivity index (χ4n) is 3.62. The molecule has 0 atom stereocenters. The van der Waals surface area contributed by atoms with Crippen molar-refractivity contribution in [2.75, 3.05) is 38.5 Å². The Kier molecular flexibility index (Phi) is 4.35. The summed E-state index contributed by atoms with van der Waals surface area (Å²) in [5, 5.41) is 2.84. The molecule has 0 spiro atoms. The molecule has 2 amide bonds. The van der Waals surface area contributed by atoms with Gasteiger partial charge in [-0.15, -0.1) is 0 Å². The van der Waals surface area contributed by atoms with Crippen LogP contribution in [0.1, 0.15) is 19.9 Å². The lowest BCUT2D eigenvalue weighted by Gasteiger charge is -2.32. The molecule has 0 aliphatic carbocycles. The first-order valence-electron chi connectivity index (χ1n) is 9.22. The van der Waals surface area contributed by atoms with Crippen LogP contribution in [0.3, 0.4) is 0 Å². The number of piperazine rings is 1. The minimum Gasteiger partial charge on any atom is -0.322 e. The summed E-state index contributed by atoms with van der Waals surface area (Å²) in [6.07, 6.45) is 1.60. The van der Waals surface area contributed by atoms with Crippen LogP contribution in [-0.2, 0) is 0 Å². The Hall–Kier alpha value is -2.87. The predicted molar refractivity (Wildman–Crippen MR) is 105 cm³/mol.